The van der Waals surface area contributed by atoms with Crippen molar-refractivity contribution >= 4 is 21.8 Å². The van der Waals surface area contributed by atoms with Gasteiger partial charge in [0.2, 0.25) is 5.91 Å². The molecule has 1 amide bonds. The summed E-state index contributed by atoms with van der Waals surface area (Å²) >= 11 is 3.39. The van der Waals surface area contributed by atoms with E-state index in [2.05, 4.69) is 26.3 Å². The number of nitrogens with zero attached hydrogens (tertiary/aromatic N) is 2. The molecule has 3 aromatic rings. The van der Waals surface area contributed by atoms with Gasteiger partial charge in [-0.1, -0.05) is 40.2 Å². The first kappa shape index (κ1) is 19.9. The van der Waals surface area contributed by atoms with Crippen LogP contribution in [-0.2, 0) is 17.9 Å². The van der Waals surface area contributed by atoms with Crippen LogP contribution in [0.15, 0.2) is 69.9 Å². The topological polar surface area (TPSA) is 64.0 Å². The Bertz CT molecular complexity index is 1000. The summed E-state index contributed by atoms with van der Waals surface area (Å²) in [5, 5.41) is 7.18. The standard InChI is InChI=1S/C21H19BrFN3O2/c22-17-7-5-16(6-8-17)19-11-12-21(28)26(25-19)13-1-2-20(27)24-14-15-3-9-18(23)10-4-15/h3-12H,1-2,13-14H2,(H,24,27). The highest BCUT2D eigenvalue weighted by Crippen LogP contribution is 2.18. The van der Waals surface area contributed by atoms with Crippen molar-refractivity contribution in [2.45, 2.75) is 25.9 Å². The van der Waals surface area contributed by atoms with E-state index in [9.17, 15) is 14.0 Å². The van der Waals surface area contributed by atoms with Gasteiger partial charge in [0.05, 0.1) is 5.69 Å². The van der Waals surface area contributed by atoms with E-state index in [0.717, 1.165) is 15.6 Å². The summed E-state index contributed by atoms with van der Waals surface area (Å²) in [5.74, 6) is -0.431. The maximum atomic E-state index is 12.9. The number of amides is 1. The number of hydrogen-bond acceptors (Lipinski definition) is 3. The molecule has 1 aromatic heterocycles. The number of carbonyl (C=O) groups excluding carboxylic acids is 1. The van der Waals surface area contributed by atoms with Gasteiger partial charge < -0.3 is 5.32 Å². The van der Waals surface area contributed by atoms with Gasteiger partial charge in [0.25, 0.3) is 5.56 Å². The van der Waals surface area contributed by atoms with Crippen LogP contribution in [0.1, 0.15) is 18.4 Å². The smallest absolute Gasteiger partial charge is 0.266 e. The molecule has 7 heteroatoms. The van der Waals surface area contributed by atoms with Gasteiger partial charge in [0.15, 0.2) is 0 Å². The molecule has 0 bridgehead atoms. The third kappa shape index (κ3) is 5.60. The molecule has 0 aliphatic rings. The van der Waals surface area contributed by atoms with E-state index in [1.54, 1.807) is 18.2 Å². The van der Waals surface area contributed by atoms with Crippen LogP contribution < -0.4 is 10.9 Å². The van der Waals surface area contributed by atoms with Crippen LogP contribution in [0.5, 0.6) is 0 Å². The van der Waals surface area contributed by atoms with Crippen molar-refractivity contribution in [3.8, 4) is 11.3 Å². The van der Waals surface area contributed by atoms with Crippen molar-refractivity contribution in [1.29, 1.82) is 0 Å². The molecule has 5 nitrogen and oxygen atoms in total. The van der Waals surface area contributed by atoms with Crippen molar-refractivity contribution in [2.24, 2.45) is 0 Å². The Labute approximate surface area is 170 Å². The highest BCUT2D eigenvalue weighted by molar-refractivity contribution is 9.10. The molecule has 0 atom stereocenters. The van der Waals surface area contributed by atoms with Gasteiger partial charge in [0.1, 0.15) is 5.82 Å². The zero-order valence-electron chi connectivity index (χ0n) is 15.1. The summed E-state index contributed by atoms with van der Waals surface area (Å²) < 4.78 is 15.2. The fourth-order valence-electron chi connectivity index (χ4n) is 2.66. The highest BCUT2D eigenvalue weighted by Gasteiger charge is 2.06. The van der Waals surface area contributed by atoms with Crippen LogP contribution in [0.3, 0.4) is 0 Å². The predicted molar refractivity (Wildman–Crippen MR) is 109 cm³/mol. The highest BCUT2D eigenvalue weighted by atomic mass is 79.9. The number of hydrogen-bond donors (Lipinski definition) is 1. The summed E-state index contributed by atoms with van der Waals surface area (Å²) in [4.78, 5) is 24.0. The van der Waals surface area contributed by atoms with E-state index in [1.165, 1.54) is 22.9 Å². The Morgan fingerprint density at radius 3 is 2.46 bits per heavy atom. The van der Waals surface area contributed by atoms with Gasteiger partial charge in [-0.3, -0.25) is 9.59 Å². The van der Waals surface area contributed by atoms with Crippen LogP contribution in [-0.4, -0.2) is 15.7 Å². The average molecular weight is 444 g/mol. The minimum absolute atomic E-state index is 0.124. The number of aryl methyl sites for hydroxylation is 1. The second-order valence-electron chi connectivity index (χ2n) is 6.29. The van der Waals surface area contributed by atoms with Crippen molar-refractivity contribution < 1.29 is 9.18 Å². The lowest BCUT2D eigenvalue weighted by molar-refractivity contribution is -0.121. The molecule has 144 valence electrons. The van der Waals surface area contributed by atoms with Gasteiger partial charge >= 0.3 is 0 Å². The quantitative estimate of drug-likeness (QED) is 0.601. The molecule has 0 radical (unpaired) electrons. The largest absolute Gasteiger partial charge is 0.352 e. The molecule has 0 unspecified atom stereocenters. The molecule has 1 N–H and O–H groups in total. The number of aromatic nitrogens is 2. The fraction of sp³-hybridized carbons (Fsp3) is 0.190. The molecule has 28 heavy (non-hydrogen) atoms. The Morgan fingerprint density at radius 2 is 1.75 bits per heavy atom. The average Bonchev–Trinajstić information content (AvgIpc) is 2.70. The predicted octanol–water partition coefficient (Wildman–Crippen LogP) is 3.91. The van der Waals surface area contributed by atoms with Crippen LogP contribution >= 0.6 is 15.9 Å². The van der Waals surface area contributed by atoms with Crippen LogP contribution in [0.2, 0.25) is 0 Å². The molecule has 0 aliphatic carbocycles. The number of benzene rings is 2. The monoisotopic (exact) mass is 443 g/mol. The van der Waals surface area contributed by atoms with E-state index in [4.69, 9.17) is 0 Å². The number of carbonyl (C=O) groups is 1. The minimum Gasteiger partial charge on any atom is -0.352 e. The van der Waals surface area contributed by atoms with Crippen molar-refractivity contribution in [1.82, 2.24) is 15.1 Å². The Balaban J connectivity index is 1.53. The first-order chi connectivity index (χ1) is 13.5. The Morgan fingerprint density at radius 1 is 1.04 bits per heavy atom. The summed E-state index contributed by atoms with van der Waals surface area (Å²) in [6.07, 6.45) is 0.768. The molecule has 2 aromatic carbocycles. The van der Waals surface area contributed by atoms with Gasteiger partial charge in [0, 0.05) is 35.6 Å². The van der Waals surface area contributed by atoms with Crippen molar-refractivity contribution in [3.05, 3.63) is 86.9 Å². The maximum absolute atomic E-state index is 12.9. The van der Waals surface area contributed by atoms with E-state index >= 15 is 0 Å². The van der Waals surface area contributed by atoms with Crippen molar-refractivity contribution in [2.75, 3.05) is 0 Å². The van der Waals surface area contributed by atoms with Crippen LogP contribution in [0.25, 0.3) is 11.3 Å². The third-order valence-corrected chi connectivity index (χ3v) is 4.71. The number of nitrogens with one attached hydrogen (secondary N) is 1. The third-order valence-electron chi connectivity index (χ3n) is 4.18. The fourth-order valence-corrected chi connectivity index (χ4v) is 2.93. The van der Waals surface area contributed by atoms with Crippen LogP contribution in [0.4, 0.5) is 4.39 Å². The molecule has 0 aliphatic heterocycles. The molecular formula is C21H19BrFN3O2. The van der Waals surface area contributed by atoms with E-state index in [-0.39, 0.29) is 23.7 Å². The molecule has 1 heterocycles. The van der Waals surface area contributed by atoms with Gasteiger partial charge in [-0.05, 0) is 42.3 Å². The first-order valence-corrected chi connectivity index (χ1v) is 9.66. The molecule has 0 spiro atoms. The van der Waals surface area contributed by atoms with Gasteiger partial charge in [-0.15, -0.1) is 0 Å². The normalized spacial score (nSPS) is 10.6. The Kier molecular flexibility index (Phi) is 6.71. The Hall–Kier alpha value is -2.80. The van der Waals surface area contributed by atoms with Gasteiger partial charge in [-0.2, -0.15) is 5.10 Å². The number of rotatable bonds is 7. The van der Waals surface area contributed by atoms with E-state index < -0.39 is 0 Å². The molecular weight excluding hydrogens is 425 g/mol. The van der Waals surface area contributed by atoms with E-state index in [1.807, 2.05) is 24.3 Å². The molecule has 0 fully saturated rings. The summed E-state index contributed by atoms with van der Waals surface area (Å²) in [6.45, 7) is 0.698. The van der Waals surface area contributed by atoms with Crippen molar-refractivity contribution in [3.63, 3.8) is 0 Å². The summed E-state index contributed by atoms with van der Waals surface area (Å²) in [7, 11) is 0. The zero-order valence-corrected chi connectivity index (χ0v) is 16.7. The first-order valence-electron chi connectivity index (χ1n) is 8.86. The van der Waals surface area contributed by atoms with Gasteiger partial charge in [-0.25, -0.2) is 9.07 Å². The number of halogens is 2. The maximum Gasteiger partial charge on any atom is 0.266 e. The van der Waals surface area contributed by atoms with Crippen LogP contribution in [0, 0.1) is 5.82 Å². The minimum atomic E-state index is -0.307. The van der Waals surface area contributed by atoms with E-state index in [0.29, 0.717) is 25.2 Å². The summed E-state index contributed by atoms with van der Waals surface area (Å²) in [6, 6.07) is 16.8. The second-order valence-corrected chi connectivity index (χ2v) is 7.21. The lowest BCUT2D eigenvalue weighted by Gasteiger charge is -2.08. The lowest BCUT2D eigenvalue weighted by atomic mass is 10.1. The SMILES string of the molecule is O=C(CCCn1nc(-c2ccc(Br)cc2)ccc1=O)NCc1ccc(F)cc1. The zero-order chi connectivity index (χ0) is 19.9. The molecule has 3 rings (SSSR count). The second kappa shape index (κ2) is 9.41. The lowest BCUT2D eigenvalue weighted by Crippen LogP contribution is -2.25. The molecule has 0 saturated carbocycles. The summed E-state index contributed by atoms with van der Waals surface area (Å²) in [5.41, 5.74) is 2.24. The molecule has 0 saturated heterocycles.